The lowest BCUT2D eigenvalue weighted by Gasteiger charge is -2.28. The van der Waals surface area contributed by atoms with Crippen LogP contribution in [0, 0.1) is 0 Å². The zero-order valence-electron chi connectivity index (χ0n) is 11.8. The number of tetrazole rings is 1. The van der Waals surface area contributed by atoms with E-state index in [0.29, 0.717) is 11.4 Å². The number of fused-ring (bicyclic) bond motifs is 1. The second kappa shape index (κ2) is 6.05. The lowest BCUT2D eigenvalue weighted by Crippen LogP contribution is -2.53. The van der Waals surface area contributed by atoms with Gasteiger partial charge in [-0.25, -0.2) is 9.89 Å². The molecule has 23 heavy (non-hydrogen) atoms. The molecule has 1 aromatic carbocycles. The highest BCUT2D eigenvalue weighted by Gasteiger charge is 2.37. The molecule has 1 aromatic heterocycles. The summed E-state index contributed by atoms with van der Waals surface area (Å²) < 4.78 is 5.28. The number of hydrogen-bond acceptors (Lipinski definition) is 7. The van der Waals surface area contributed by atoms with Gasteiger partial charge in [0.25, 0.3) is 0 Å². The molecule has 1 aliphatic heterocycles. The Morgan fingerprint density at radius 2 is 2.30 bits per heavy atom. The van der Waals surface area contributed by atoms with E-state index in [2.05, 4.69) is 25.9 Å². The number of carbonyl (C=O) groups excluding carboxylic acids is 1. The topological polar surface area (TPSA) is 150 Å². The number of amides is 1. The molecule has 11 heteroatoms. The van der Waals surface area contributed by atoms with Crippen LogP contribution in [0.25, 0.3) is 0 Å². The summed E-state index contributed by atoms with van der Waals surface area (Å²) in [6.45, 7) is 0. The summed E-state index contributed by atoms with van der Waals surface area (Å²) in [5, 5.41) is 34.6. The highest BCUT2D eigenvalue weighted by Crippen LogP contribution is 2.30. The number of carboxylic acid groups (broad SMARTS) is 1. The summed E-state index contributed by atoms with van der Waals surface area (Å²) in [5.41, 5.74) is 0.570. The Kier molecular flexibility index (Phi) is 3.93. The van der Waals surface area contributed by atoms with E-state index < -0.39 is 24.9 Å². The first-order valence-corrected chi connectivity index (χ1v) is 6.76. The fourth-order valence-electron chi connectivity index (χ4n) is 2.38. The zero-order valence-corrected chi connectivity index (χ0v) is 11.8. The van der Waals surface area contributed by atoms with Crippen LogP contribution >= 0.6 is 0 Å². The Labute approximate surface area is 130 Å². The lowest BCUT2D eigenvalue weighted by atomic mass is 9.72. The van der Waals surface area contributed by atoms with E-state index in [1.807, 2.05) is 0 Å². The molecule has 0 fully saturated rings. The molecule has 1 unspecified atom stereocenters. The van der Waals surface area contributed by atoms with E-state index in [-0.39, 0.29) is 24.2 Å². The van der Waals surface area contributed by atoms with Crippen LogP contribution in [0.4, 0.5) is 0 Å². The first-order valence-electron chi connectivity index (χ1n) is 6.76. The quantitative estimate of drug-likeness (QED) is 0.502. The van der Waals surface area contributed by atoms with Crippen LogP contribution in [0.3, 0.4) is 0 Å². The van der Waals surface area contributed by atoms with Gasteiger partial charge in [-0.1, -0.05) is 12.1 Å². The number of aromatic amines is 1. The minimum absolute atomic E-state index is 0.0286. The maximum atomic E-state index is 11.9. The van der Waals surface area contributed by atoms with Gasteiger partial charge in [-0.15, -0.1) is 5.10 Å². The van der Waals surface area contributed by atoms with Crippen molar-refractivity contribution in [3.63, 3.8) is 0 Å². The third-order valence-electron chi connectivity index (χ3n) is 3.41. The van der Waals surface area contributed by atoms with Gasteiger partial charge < -0.3 is 20.1 Å². The van der Waals surface area contributed by atoms with E-state index in [1.165, 1.54) is 6.07 Å². The van der Waals surface area contributed by atoms with Gasteiger partial charge >= 0.3 is 13.1 Å². The van der Waals surface area contributed by atoms with Crippen LogP contribution in [0.15, 0.2) is 18.2 Å². The molecule has 3 rings (SSSR count). The summed E-state index contributed by atoms with van der Waals surface area (Å²) in [6, 6.07) is 4.67. The molecule has 118 valence electrons. The predicted molar refractivity (Wildman–Crippen MR) is 75.5 cm³/mol. The molecule has 4 N–H and O–H groups in total. The first kappa shape index (κ1) is 15.0. The maximum Gasteiger partial charge on any atom is 0.547 e. The molecular formula is C12H12BN5O5. The lowest BCUT2D eigenvalue weighted by molar-refractivity contribution is -0.121. The number of aromatic carboxylic acids is 1. The van der Waals surface area contributed by atoms with E-state index in [4.69, 9.17) is 9.76 Å². The standard InChI is InChI=1S/C12H12BN5O5/c19-10(5-9-15-17-18-16-9)14-8-4-6-2-1-3-7(12(20)21)11(6)23-13(8)22/h1-3,8,22H,4-5H2,(H,14,19)(H,20,21)(H,15,16,17,18). The van der Waals surface area contributed by atoms with E-state index in [0.717, 1.165) is 0 Å². The SMILES string of the molecule is O=C(Cc1nnn[nH]1)NC1Cc2cccc(C(=O)O)c2OB1O. The Morgan fingerprint density at radius 1 is 1.48 bits per heavy atom. The second-order valence-corrected chi connectivity index (χ2v) is 5.01. The molecule has 10 nitrogen and oxygen atoms in total. The fourth-order valence-corrected chi connectivity index (χ4v) is 2.38. The number of aromatic nitrogens is 4. The molecular weight excluding hydrogens is 305 g/mol. The molecule has 0 saturated carbocycles. The number of rotatable bonds is 4. The number of para-hydroxylation sites is 1. The van der Waals surface area contributed by atoms with Gasteiger partial charge in [0.2, 0.25) is 5.91 Å². The van der Waals surface area contributed by atoms with Crippen LogP contribution < -0.4 is 9.97 Å². The van der Waals surface area contributed by atoms with Crippen molar-refractivity contribution in [2.75, 3.05) is 0 Å². The van der Waals surface area contributed by atoms with Gasteiger partial charge in [0.1, 0.15) is 5.75 Å². The number of carbonyl (C=O) groups is 2. The molecule has 1 atom stereocenters. The van der Waals surface area contributed by atoms with Crippen LogP contribution in [0.5, 0.6) is 5.75 Å². The van der Waals surface area contributed by atoms with Crippen molar-refractivity contribution >= 4 is 19.0 Å². The van der Waals surface area contributed by atoms with Crippen molar-refractivity contribution in [3.8, 4) is 5.75 Å². The molecule has 0 bridgehead atoms. The fraction of sp³-hybridized carbons (Fsp3) is 0.250. The van der Waals surface area contributed by atoms with Crippen molar-refractivity contribution in [2.24, 2.45) is 0 Å². The Hall–Kier alpha value is -2.95. The highest BCUT2D eigenvalue weighted by molar-refractivity contribution is 6.47. The molecule has 1 amide bonds. The minimum Gasteiger partial charge on any atom is -0.534 e. The molecule has 1 aliphatic rings. The van der Waals surface area contributed by atoms with Crippen LogP contribution in [0.2, 0.25) is 0 Å². The Balaban J connectivity index is 1.72. The second-order valence-electron chi connectivity index (χ2n) is 5.01. The number of nitrogens with one attached hydrogen (secondary N) is 2. The van der Waals surface area contributed by atoms with E-state index in [1.54, 1.807) is 12.1 Å². The van der Waals surface area contributed by atoms with Crippen LogP contribution in [0.1, 0.15) is 21.7 Å². The van der Waals surface area contributed by atoms with E-state index >= 15 is 0 Å². The van der Waals surface area contributed by atoms with Gasteiger partial charge in [-0.2, -0.15) is 0 Å². The predicted octanol–water partition coefficient (Wildman–Crippen LogP) is -1.42. The largest absolute Gasteiger partial charge is 0.547 e. The smallest absolute Gasteiger partial charge is 0.534 e. The molecule has 0 aliphatic carbocycles. The Bertz CT molecular complexity index is 737. The van der Waals surface area contributed by atoms with Crippen molar-refractivity contribution < 1.29 is 24.4 Å². The van der Waals surface area contributed by atoms with E-state index in [9.17, 15) is 14.6 Å². The summed E-state index contributed by atoms with van der Waals surface area (Å²) in [4.78, 5) is 23.1. The number of nitrogens with zero attached hydrogens (tertiary/aromatic N) is 3. The van der Waals surface area contributed by atoms with Crippen LogP contribution in [-0.2, 0) is 17.6 Å². The zero-order chi connectivity index (χ0) is 16.4. The summed E-state index contributed by atoms with van der Waals surface area (Å²) in [6.07, 6.45) is 0.177. The van der Waals surface area contributed by atoms with Crippen molar-refractivity contribution in [2.45, 2.75) is 18.8 Å². The van der Waals surface area contributed by atoms with Crippen molar-refractivity contribution in [1.29, 1.82) is 0 Å². The number of benzene rings is 1. The van der Waals surface area contributed by atoms with Gasteiger partial charge in [-0.3, -0.25) is 4.79 Å². The van der Waals surface area contributed by atoms with Crippen LogP contribution in [-0.4, -0.2) is 55.7 Å². The molecule has 0 radical (unpaired) electrons. The van der Waals surface area contributed by atoms with Gasteiger partial charge in [0.15, 0.2) is 5.82 Å². The summed E-state index contributed by atoms with van der Waals surface area (Å²) in [7, 11) is -1.35. The minimum atomic E-state index is -1.35. The summed E-state index contributed by atoms with van der Waals surface area (Å²) >= 11 is 0. The average Bonchev–Trinajstić information content (AvgIpc) is 3.00. The highest BCUT2D eigenvalue weighted by atomic mass is 16.5. The Morgan fingerprint density at radius 3 is 3.00 bits per heavy atom. The molecule has 0 saturated heterocycles. The third-order valence-corrected chi connectivity index (χ3v) is 3.41. The number of hydrogen-bond donors (Lipinski definition) is 4. The van der Waals surface area contributed by atoms with Gasteiger partial charge in [-0.05, 0) is 28.5 Å². The summed E-state index contributed by atoms with van der Waals surface area (Å²) in [5.74, 6) is -1.82. The average molecular weight is 317 g/mol. The maximum absolute atomic E-state index is 11.9. The third kappa shape index (κ3) is 3.13. The van der Waals surface area contributed by atoms with Gasteiger partial charge in [0, 0.05) is 0 Å². The monoisotopic (exact) mass is 317 g/mol. The normalized spacial score (nSPS) is 16.4. The van der Waals surface area contributed by atoms with Gasteiger partial charge in [0.05, 0.1) is 17.9 Å². The van der Waals surface area contributed by atoms with Crippen molar-refractivity contribution in [3.05, 3.63) is 35.2 Å². The number of carboxylic acids is 1. The molecule has 2 aromatic rings. The van der Waals surface area contributed by atoms with Crippen molar-refractivity contribution in [1.82, 2.24) is 25.9 Å². The first-order chi connectivity index (χ1) is 11.0. The number of H-pyrrole nitrogens is 1. The molecule has 2 heterocycles. The molecule has 0 spiro atoms.